The van der Waals surface area contributed by atoms with E-state index in [1.165, 1.54) is 0 Å². The maximum Gasteiger partial charge on any atom is 0.236 e. The number of hydrogen-bond acceptors (Lipinski definition) is 3. The van der Waals surface area contributed by atoms with E-state index in [9.17, 15) is 4.79 Å². The summed E-state index contributed by atoms with van der Waals surface area (Å²) in [4.78, 5) is 16.5. The number of carbonyl (C=O) groups is 1. The fraction of sp³-hybridized carbons (Fsp3) is 0.909. The highest BCUT2D eigenvalue weighted by molar-refractivity contribution is 5.77. The quantitative estimate of drug-likeness (QED) is 0.661. The van der Waals surface area contributed by atoms with Crippen LogP contribution in [0.1, 0.15) is 41.0 Å². The van der Waals surface area contributed by atoms with Crippen molar-refractivity contribution in [2.24, 2.45) is 5.92 Å². The predicted octanol–water partition coefficient (Wildman–Crippen LogP) is 1.47. The summed E-state index contributed by atoms with van der Waals surface area (Å²) in [5.74, 6) is 0.587. The zero-order valence-electron chi connectivity index (χ0n) is 10.5. The van der Waals surface area contributed by atoms with Gasteiger partial charge >= 0.3 is 0 Å². The standard InChI is InChI=1S/C11H24N2O2/c1-9(2)6-7-12-10(14)8-13-15-11(3,4)5/h9,13H,6-8H2,1-5H3,(H,12,14). The molecule has 0 saturated heterocycles. The fourth-order valence-electron chi connectivity index (χ4n) is 0.881. The topological polar surface area (TPSA) is 50.4 Å². The molecule has 0 rings (SSSR count). The third kappa shape index (κ3) is 11.3. The smallest absolute Gasteiger partial charge is 0.236 e. The molecule has 90 valence electrons. The lowest BCUT2D eigenvalue weighted by Gasteiger charge is -2.19. The van der Waals surface area contributed by atoms with Gasteiger partial charge in [0.15, 0.2) is 0 Å². The predicted molar refractivity (Wildman–Crippen MR) is 61.3 cm³/mol. The van der Waals surface area contributed by atoms with Gasteiger partial charge in [-0.25, -0.2) is 0 Å². The number of rotatable bonds is 6. The Hall–Kier alpha value is -0.610. The lowest BCUT2D eigenvalue weighted by molar-refractivity contribution is -0.127. The summed E-state index contributed by atoms with van der Waals surface area (Å²) in [6.45, 7) is 11.0. The van der Waals surface area contributed by atoms with Crippen LogP contribution in [0.2, 0.25) is 0 Å². The van der Waals surface area contributed by atoms with E-state index in [1.807, 2.05) is 20.8 Å². The normalized spacial score (nSPS) is 11.9. The number of nitrogens with one attached hydrogen (secondary N) is 2. The van der Waals surface area contributed by atoms with E-state index in [4.69, 9.17) is 4.84 Å². The van der Waals surface area contributed by atoms with Gasteiger partial charge in [0.1, 0.15) is 0 Å². The van der Waals surface area contributed by atoms with Gasteiger partial charge < -0.3 is 5.32 Å². The van der Waals surface area contributed by atoms with E-state index < -0.39 is 0 Å². The van der Waals surface area contributed by atoms with Crippen molar-refractivity contribution in [3.05, 3.63) is 0 Å². The number of amides is 1. The number of hydroxylamine groups is 1. The van der Waals surface area contributed by atoms with E-state index in [2.05, 4.69) is 24.6 Å². The van der Waals surface area contributed by atoms with Crippen molar-refractivity contribution in [1.82, 2.24) is 10.8 Å². The van der Waals surface area contributed by atoms with Gasteiger partial charge in [0.25, 0.3) is 0 Å². The highest BCUT2D eigenvalue weighted by atomic mass is 16.7. The van der Waals surface area contributed by atoms with Crippen LogP contribution < -0.4 is 10.8 Å². The third-order valence-corrected chi connectivity index (χ3v) is 1.65. The third-order valence-electron chi connectivity index (χ3n) is 1.65. The average molecular weight is 216 g/mol. The Morgan fingerprint density at radius 2 is 1.93 bits per heavy atom. The SMILES string of the molecule is CC(C)CCNC(=O)CNOC(C)(C)C. The molecule has 0 bridgehead atoms. The molecule has 0 fully saturated rings. The van der Waals surface area contributed by atoms with Crippen LogP contribution in [-0.4, -0.2) is 24.6 Å². The van der Waals surface area contributed by atoms with Crippen LogP contribution in [0.4, 0.5) is 0 Å². The van der Waals surface area contributed by atoms with Crippen molar-refractivity contribution in [1.29, 1.82) is 0 Å². The first kappa shape index (κ1) is 14.4. The van der Waals surface area contributed by atoms with Crippen molar-refractivity contribution in [2.45, 2.75) is 46.6 Å². The Morgan fingerprint density at radius 1 is 1.33 bits per heavy atom. The van der Waals surface area contributed by atoms with Crippen LogP contribution >= 0.6 is 0 Å². The van der Waals surface area contributed by atoms with Gasteiger partial charge in [-0.2, -0.15) is 5.48 Å². The molecule has 0 heterocycles. The number of carbonyl (C=O) groups excluding carboxylic acids is 1. The highest BCUT2D eigenvalue weighted by Gasteiger charge is 2.10. The van der Waals surface area contributed by atoms with Gasteiger partial charge in [0, 0.05) is 6.54 Å². The molecule has 0 radical (unpaired) electrons. The molecule has 0 aromatic rings. The first-order valence-corrected chi connectivity index (χ1v) is 5.49. The number of hydrogen-bond donors (Lipinski definition) is 2. The summed E-state index contributed by atoms with van der Waals surface area (Å²) in [5.41, 5.74) is 2.39. The second-order valence-electron chi connectivity index (χ2n) is 5.07. The Kier molecular flexibility index (Phi) is 6.52. The van der Waals surface area contributed by atoms with Gasteiger partial charge in [0.05, 0.1) is 12.1 Å². The summed E-state index contributed by atoms with van der Waals surface area (Å²) in [5, 5.41) is 2.82. The van der Waals surface area contributed by atoms with Crippen molar-refractivity contribution < 1.29 is 9.63 Å². The van der Waals surface area contributed by atoms with E-state index in [-0.39, 0.29) is 18.1 Å². The van der Waals surface area contributed by atoms with Crippen molar-refractivity contribution in [2.75, 3.05) is 13.1 Å². The van der Waals surface area contributed by atoms with Crippen LogP contribution in [-0.2, 0) is 9.63 Å². The zero-order chi connectivity index (χ0) is 11.9. The molecule has 4 heteroatoms. The van der Waals surface area contributed by atoms with Crippen molar-refractivity contribution >= 4 is 5.91 Å². The summed E-state index contributed by atoms with van der Waals surface area (Å²) in [6, 6.07) is 0. The van der Waals surface area contributed by atoms with Gasteiger partial charge in [-0.3, -0.25) is 9.63 Å². The van der Waals surface area contributed by atoms with Gasteiger partial charge in [-0.1, -0.05) is 13.8 Å². The summed E-state index contributed by atoms with van der Waals surface area (Å²) in [7, 11) is 0. The Labute approximate surface area is 92.7 Å². The monoisotopic (exact) mass is 216 g/mol. The first-order chi connectivity index (χ1) is 6.81. The summed E-state index contributed by atoms with van der Waals surface area (Å²) in [6.07, 6.45) is 1.01. The zero-order valence-corrected chi connectivity index (χ0v) is 10.5. The summed E-state index contributed by atoms with van der Waals surface area (Å²) >= 11 is 0. The highest BCUT2D eigenvalue weighted by Crippen LogP contribution is 2.02. The molecule has 0 aromatic heterocycles. The minimum absolute atomic E-state index is 0.0279. The molecule has 0 saturated carbocycles. The molecular weight excluding hydrogens is 192 g/mol. The molecule has 4 nitrogen and oxygen atoms in total. The lowest BCUT2D eigenvalue weighted by atomic mass is 10.1. The van der Waals surface area contributed by atoms with E-state index in [0.717, 1.165) is 13.0 Å². The molecule has 15 heavy (non-hydrogen) atoms. The Morgan fingerprint density at radius 3 is 2.40 bits per heavy atom. The van der Waals surface area contributed by atoms with Crippen molar-refractivity contribution in [3.63, 3.8) is 0 Å². The van der Waals surface area contributed by atoms with Crippen LogP contribution in [0.3, 0.4) is 0 Å². The van der Waals surface area contributed by atoms with Crippen molar-refractivity contribution in [3.8, 4) is 0 Å². The molecule has 0 spiro atoms. The minimum Gasteiger partial charge on any atom is -0.355 e. The second kappa shape index (κ2) is 6.80. The van der Waals surface area contributed by atoms with Crippen LogP contribution in [0, 0.1) is 5.92 Å². The minimum atomic E-state index is -0.266. The first-order valence-electron chi connectivity index (χ1n) is 5.49. The molecule has 2 N–H and O–H groups in total. The van der Waals surface area contributed by atoms with Crippen LogP contribution in [0.15, 0.2) is 0 Å². The molecule has 0 unspecified atom stereocenters. The molecule has 0 aromatic carbocycles. The van der Waals surface area contributed by atoms with E-state index >= 15 is 0 Å². The second-order valence-corrected chi connectivity index (χ2v) is 5.07. The van der Waals surface area contributed by atoms with Gasteiger partial charge in [-0.05, 0) is 33.1 Å². The van der Waals surface area contributed by atoms with E-state index in [0.29, 0.717) is 5.92 Å². The van der Waals surface area contributed by atoms with E-state index in [1.54, 1.807) is 0 Å². The molecular formula is C11H24N2O2. The van der Waals surface area contributed by atoms with Crippen LogP contribution in [0.5, 0.6) is 0 Å². The molecule has 0 aliphatic rings. The van der Waals surface area contributed by atoms with Crippen LogP contribution in [0.25, 0.3) is 0 Å². The van der Waals surface area contributed by atoms with Gasteiger partial charge in [-0.15, -0.1) is 0 Å². The maximum atomic E-state index is 11.3. The molecule has 1 amide bonds. The average Bonchev–Trinajstić information content (AvgIpc) is 2.00. The lowest BCUT2D eigenvalue weighted by Crippen LogP contribution is -2.38. The Bertz CT molecular complexity index is 186. The molecule has 0 atom stereocenters. The molecule has 0 aliphatic heterocycles. The maximum absolute atomic E-state index is 11.3. The molecule has 0 aliphatic carbocycles. The Balaban J connectivity index is 3.42. The fourth-order valence-corrected chi connectivity index (χ4v) is 0.881. The van der Waals surface area contributed by atoms with Gasteiger partial charge in [0.2, 0.25) is 5.91 Å². The summed E-state index contributed by atoms with van der Waals surface area (Å²) < 4.78 is 0. The largest absolute Gasteiger partial charge is 0.355 e.